The van der Waals surface area contributed by atoms with Crippen LogP contribution in [-0.2, 0) is 20.1 Å². The molecule has 6 heteroatoms. The molecule has 0 fully saturated rings. The molecule has 0 unspecified atom stereocenters. The summed E-state index contributed by atoms with van der Waals surface area (Å²) in [6, 6.07) is 45.2. The molecule has 0 saturated heterocycles. The van der Waals surface area contributed by atoms with Gasteiger partial charge >= 0.3 is 0 Å². The van der Waals surface area contributed by atoms with E-state index in [-0.39, 0.29) is 32.5 Å². The molecule has 4 nitrogen and oxygen atoms in total. The molecule has 0 aliphatic carbocycles. The Balaban J connectivity index is 0.000000195. The first kappa shape index (κ1) is 30.2. The van der Waals surface area contributed by atoms with Gasteiger partial charge in [-0.25, -0.2) is 0 Å². The molecule has 0 bridgehead atoms. The Bertz CT molecular complexity index is 1100. The second-order valence-electron chi connectivity index (χ2n) is 7.41. The van der Waals surface area contributed by atoms with Crippen molar-refractivity contribution in [2.24, 2.45) is 0 Å². The van der Waals surface area contributed by atoms with E-state index in [1.54, 1.807) is 24.8 Å². The monoisotopic (exact) mass is 692 g/mol. The Hall–Kier alpha value is -4.02. The summed E-state index contributed by atoms with van der Waals surface area (Å²) >= 11 is 0. The molecule has 0 spiro atoms. The van der Waals surface area contributed by atoms with Gasteiger partial charge in [0.25, 0.3) is 0 Å². The van der Waals surface area contributed by atoms with Gasteiger partial charge in [-0.2, -0.15) is 0 Å². The molecular formula is C32H24ClIrN4-3. The van der Waals surface area contributed by atoms with Gasteiger partial charge in [0.1, 0.15) is 0 Å². The number of hydrogen-bond acceptors (Lipinski definition) is 4. The van der Waals surface area contributed by atoms with E-state index in [9.17, 15) is 0 Å². The van der Waals surface area contributed by atoms with Crippen LogP contribution in [0, 0.1) is 12.1 Å². The number of benzene rings is 2. The molecule has 2 aromatic carbocycles. The zero-order valence-electron chi connectivity index (χ0n) is 20.4. The van der Waals surface area contributed by atoms with Crippen LogP contribution in [0.15, 0.2) is 146 Å². The third kappa shape index (κ3) is 9.79. The number of rotatable bonds is 3. The van der Waals surface area contributed by atoms with Gasteiger partial charge in [0.15, 0.2) is 0 Å². The molecule has 0 N–H and O–H groups in total. The Kier molecular flexibility index (Phi) is 13.9. The average Bonchev–Trinajstić information content (AvgIpc) is 3.01. The van der Waals surface area contributed by atoms with Crippen LogP contribution in [0.3, 0.4) is 0 Å². The van der Waals surface area contributed by atoms with E-state index in [0.29, 0.717) is 0 Å². The Morgan fingerprint density at radius 3 is 0.947 bits per heavy atom. The van der Waals surface area contributed by atoms with E-state index in [0.717, 1.165) is 33.9 Å². The molecule has 0 aliphatic rings. The maximum Gasteiger partial charge on any atom is 0.0886 e. The van der Waals surface area contributed by atoms with Gasteiger partial charge in [-0.1, -0.05) is 36.4 Å². The van der Waals surface area contributed by atoms with Gasteiger partial charge in [-0.05, 0) is 47.8 Å². The first-order valence-corrected chi connectivity index (χ1v) is 11.5. The maximum atomic E-state index is 4.22. The second kappa shape index (κ2) is 17.4. The van der Waals surface area contributed by atoms with Crippen LogP contribution < -0.4 is 12.4 Å². The number of halogens is 1. The Labute approximate surface area is 243 Å². The van der Waals surface area contributed by atoms with Gasteiger partial charge in [0, 0.05) is 44.9 Å². The zero-order chi connectivity index (χ0) is 24.7. The summed E-state index contributed by atoms with van der Waals surface area (Å²) in [5.41, 5.74) is 5.85. The predicted molar refractivity (Wildman–Crippen MR) is 144 cm³/mol. The van der Waals surface area contributed by atoms with Crippen molar-refractivity contribution in [2.75, 3.05) is 0 Å². The average molecular weight is 692 g/mol. The second-order valence-corrected chi connectivity index (χ2v) is 7.41. The van der Waals surface area contributed by atoms with E-state index >= 15 is 0 Å². The minimum atomic E-state index is 0. The van der Waals surface area contributed by atoms with Gasteiger partial charge in [0.05, 0.1) is 11.4 Å². The van der Waals surface area contributed by atoms with Crippen LogP contribution in [0.1, 0.15) is 0 Å². The fourth-order valence-corrected chi connectivity index (χ4v) is 3.18. The molecule has 4 heterocycles. The van der Waals surface area contributed by atoms with Crippen molar-refractivity contribution in [1.82, 2.24) is 19.9 Å². The van der Waals surface area contributed by atoms with Crippen LogP contribution in [0.25, 0.3) is 33.9 Å². The minimum absolute atomic E-state index is 0. The molecule has 6 rings (SSSR count). The zero-order valence-corrected chi connectivity index (χ0v) is 23.5. The Morgan fingerprint density at radius 2 is 0.684 bits per heavy atom. The quantitative estimate of drug-likeness (QED) is 0.261. The third-order valence-electron chi connectivity index (χ3n) is 4.89. The van der Waals surface area contributed by atoms with Gasteiger partial charge in [-0.3, -0.25) is 9.97 Å². The summed E-state index contributed by atoms with van der Waals surface area (Å²) in [4.78, 5) is 16.8. The van der Waals surface area contributed by atoms with Crippen LogP contribution >= 0.6 is 0 Å². The maximum absolute atomic E-state index is 4.22. The SMILES string of the molecule is [Cl-].[Ir].[c-]1ccccc1-c1ccccn1.[c-]1ccccc1-c1ccccn1.c1ccc(-c2ccccn2)nc1. The predicted octanol–water partition coefficient (Wildman–Crippen LogP) is 4.24. The fraction of sp³-hybridized carbons (Fsp3) is 0. The minimum Gasteiger partial charge on any atom is -1.00 e. The molecule has 0 amide bonds. The van der Waals surface area contributed by atoms with Crippen molar-refractivity contribution in [3.63, 3.8) is 0 Å². The van der Waals surface area contributed by atoms with Crippen molar-refractivity contribution >= 4 is 0 Å². The number of pyridine rings is 4. The summed E-state index contributed by atoms with van der Waals surface area (Å²) in [5.74, 6) is 0. The molecule has 0 atom stereocenters. The van der Waals surface area contributed by atoms with Gasteiger partial charge in [-0.15, -0.1) is 71.8 Å². The van der Waals surface area contributed by atoms with E-state index in [4.69, 9.17) is 0 Å². The number of aromatic nitrogens is 4. The van der Waals surface area contributed by atoms with Crippen molar-refractivity contribution in [2.45, 2.75) is 0 Å². The normalized spacial score (nSPS) is 9.16. The first-order valence-electron chi connectivity index (χ1n) is 11.5. The van der Waals surface area contributed by atoms with Crippen molar-refractivity contribution in [3.05, 3.63) is 158 Å². The van der Waals surface area contributed by atoms with Gasteiger partial charge < -0.3 is 22.4 Å². The molecule has 191 valence electrons. The van der Waals surface area contributed by atoms with Crippen molar-refractivity contribution in [1.29, 1.82) is 0 Å². The van der Waals surface area contributed by atoms with Crippen LogP contribution in [0.2, 0.25) is 0 Å². The molecular weight excluding hydrogens is 668 g/mol. The van der Waals surface area contributed by atoms with Crippen LogP contribution in [0.4, 0.5) is 0 Å². The molecule has 0 aliphatic heterocycles. The summed E-state index contributed by atoms with van der Waals surface area (Å²) in [6.07, 6.45) is 7.11. The fourth-order valence-electron chi connectivity index (χ4n) is 3.18. The van der Waals surface area contributed by atoms with E-state index < -0.39 is 0 Å². The molecule has 1 radical (unpaired) electrons. The molecule has 0 saturated carbocycles. The first-order chi connectivity index (χ1) is 17.9. The third-order valence-corrected chi connectivity index (χ3v) is 4.89. The topological polar surface area (TPSA) is 51.6 Å². The number of nitrogens with zero attached hydrogens (tertiary/aromatic N) is 4. The summed E-state index contributed by atoms with van der Waals surface area (Å²) < 4.78 is 0. The summed E-state index contributed by atoms with van der Waals surface area (Å²) in [5, 5.41) is 0. The van der Waals surface area contributed by atoms with E-state index in [2.05, 4.69) is 32.1 Å². The Morgan fingerprint density at radius 1 is 0.368 bits per heavy atom. The number of hydrogen-bond donors (Lipinski definition) is 0. The van der Waals surface area contributed by atoms with Crippen LogP contribution in [0.5, 0.6) is 0 Å². The van der Waals surface area contributed by atoms with Crippen LogP contribution in [-0.4, -0.2) is 19.9 Å². The van der Waals surface area contributed by atoms with Crippen molar-refractivity contribution in [3.8, 4) is 33.9 Å². The van der Waals surface area contributed by atoms with Crippen molar-refractivity contribution < 1.29 is 32.5 Å². The molecule has 38 heavy (non-hydrogen) atoms. The molecule has 4 aromatic heterocycles. The van der Waals surface area contributed by atoms with Gasteiger partial charge in [0.2, 0.25) is 0 Å². The standard InChI is InChI=1S/2C11H8N.C10H8N2.ClH.Ir/c2*1-2-6-10(7-3-1)11-8-4-5-9-12-11;1-3-7-11-9(5-1)10-6-2-4-8-12-10;;/h2*1-6,8-9H;1-8H;1H;/q2*-1;;;/p-1. The van der Waals surface area contributed by atoms with E-state index in [1.807, 2.05) is 121 Å². The largest absolute Gasteiger partial charge is 1.00 e. The molecule has 6 aromatic rings. The summed E-state index contributed by atoms with van der Waals surface area (Å²) in [7, 11) is 0. The van der Waals surface area contributed by atoms with E-state index in [1.165, 1.54) is 0 Å². The summed E-state index contributed by atoms with van der Waals surface area (Å²) in [6.45, 7) is 0. The smallest absolute Gasteiger partial charge is 0.0886 e.